The van der Waals surface area contributed by atoms with E-state index in [-0.39, 0.29) is 24.5 Å². The maximum Gasteiger partial charge on any atom is 0.219 e. The molecule has 0 unspecified atom stereocenters. The van der Waals surface area contributed by atoms with E-state index in [4.69, 9.17) is 15.2 Å². The molecule has 0 aliphatic carbocycles. The van der Waals surface area contributed by atoms with Crippen molar-refractivity contribution < 1.29 is 22.7 Å². The second-order valence-corrected chi connectivity index (χ2v) is 11.7. The number of amidine groups is 1. The number of rotatable bonds is 1. The summed E-state index contributed by atoms with van der Waals surface area (Å²) in [6.45, 7) is 15.1. The Bertz CT molecular complexity index is 938. The van der Waals surface area contributed by atoms with Gasteiger partial charge in [-0.3, -0.25) is 9.79 Å². The van der Waals surface area contributed by atoms with Gasteiger partial charge in [-0.25, -0.2) is 13.4 Å². The van der Waals surface area contributed by atoms with Crippen molar-refractivity contribution in [2.45, 2.75) is 82.9 Å². The van der Waals surface area contributed by atoms with Gasteiger partial charge >= 0.3 is 0 Å². The summed E-state index contributed by atoms with van der Waals surface area (Å²) in [4.78, 5) is 19.8. The van der Waals surface area contributed by atoms with Gasteiger partial charge in [0.05, 0.1) is 29.3 Å². The van der Waals surface area contributed by atoms with Crippen molar-refractivity contribution in [1.82, 2.24) is 10.3 Å². The summed E-state index contributed by atoms with van der Waals surface area (Å²) in [5, 5.41) is 1.65. The number of hydrogen-bond acceptors (Lipinski definition) is 8. The smallest absolute Gasteiger partial charge is 0.219 e. The third kappa shape index (κ3) is 5.40. The number of nitrogen functional groups attached to an aromatic ring is 1. The molecule has 3 N–H and O–H groups in total. The number of carbonyl (C=O) groups is 1. The highest BCUT2D eigenvalue weighted by Crippen LogP contribution is 2.47. The zero-order valence-electron chi connectivity index (χ0n) is 20.6. The molecule has 1 aromatic heterocycles. The number of ether oxygens (including phenoxy) is 2. The van der Waals surface area contributed by atoms with E-state index in [1.54, 1.807) is 33.9 Å². The number of hydrogen-bond donors (Lipinski definition) is 2. The van der Waals surface area contributed by atoms with Crippen LogP contribution >= 0.6 is 0 Å². The van der Waals surface area contributed by atoms with Crippen LogP contribution in [-0.4, -0.2) is 55.0 Å². The first-order valence-corrected chi connectivity index (χ1v) is 12.2. The fourth-order valence-corrected chi connectivity index (χ4v) is 5.65. The number of amides is 1. The Kier molecular flexibility index (Phi) is 8.84. The highest BCUT2D eigenvalue weighted by molar-refractivity contribution is 7.94. The maximum atomic E-state index is 13.3. The first-order chi connectivity index (χ1) is 14.7. The zero-order chi connectivity index (χ0) is 25.0. The van der Waals surface area contributed by atoms with E-state index in [1.807, 2.05) is 34.6 Å². The minimum atomic E-state index is -3.67. The molecular formula is C22H38N4O5S. The van der Waals surface area contributed by atoms with Gasteiger partial charge < -0.3 is 20.5 Å². The van der Waals surface area contributed by atoms with Crippen molar-refractivity contribution in [3.05, 3.63) is 17.8 Å². The van der Waals surface area contributed by atoms with Crippen LogP contribution in [0.5, 0.6) is 5.88 Å². The van der Waals surface area contributed by atoms with Gasteiger partial charge in [0.25, 0.3) is 0 Å². The Morgan fingerprint density at radius 2 is 1.84 bits per heavy atom. The van der Waals surface area contributed by atoms with Crippen LogP contribution in [-0.2, 0) is 24.9 Å². The number of nitrogens with zero attached hydrogens (tertiary/aromatic N) is 2. The number of sulfone groups is 1. The van der Waals surface area contributed by atoms with E-state index >= 15 is 0 Å². The van der Waals surface area contributed by atoms with Crippen LogP contribution in [0.4, 0.5) is 5.69 Å². The minimum absolute atomic E-state index is 0.0417. The molecule has 0 spiro atoms. The molecule has 9 nitrogen and oxygen atoms in total. The topological polar surface area (TPSA) is 133 Å². The van der Waals surface area contributed by atoms with Crippen LogP contribution in [0, 0.1) is 0 Å². The molecule has 0 saturated carbocycles. The van der Waals surface area contributed by atoms with Crippen LogP contribution in [0.3, 0.4) is 0 Å². The molecule has 0 saturated heterocycles. The SMILES string of the molecule is CC.CC1(C)C(NC=O)=N[C@]2(C)c3cc(N)cnc3OCC[C@@H]2S1(=O)=O.COC(C)(C)C. The van der Waals surface area contributed by atoms with E-state index in [0.717, 1.165) is 0 Å². The summed E-state index contributed by atoms with van der Waals surface area (Å²) in [5.41, 5.74) is 5.64. The molecule has 1 amide bonds. The maximum absolute atomic E-state index is 13.3. The molecule has 2 aliphatic heterocycles. The van der Waals surface area contributed by atoms with Gasteiger partial charge in [0.15, 0.2) is 9.84 Å². The van der Waals surface area contributed by atoms with Crippen LogP contribution in [0.25, 0.3) is 0 Å². The van der Waals surface area contributed by atoms with Crippen molar-refractivity contribution in [3.63, 3.8) is 0 Å². The van der Waals surface area contributed by atoms with Crippen molar-refractivity contribution in [3.8, 4) is 5.88 Å². The number of anilines is 1. The predicted molar refractivity (Wildman–Crippen MR) is 128 cm³/mol. The van der Waals surface area contributed by atoms with Crippen LogP contribution in [0.1, 0.15) is 67.4 Å². The summed E-state index contributed by atoms with van der Waals surface area (Å²) >= 11 is 0. The van der Waals surface area contributed by atoms with Crippen LogP contribution < -0.4 is 15.8 Å². The second kappa shape index (κ2) is 10.2. The Balaban J connectivity index is 0.000000556. The number of aliphatic imine (C=N–C) groups is 1. The third-order valence-electron chi connectivity index (χ3n) is 5.47. The molecule has 0 bridgehead atoms. The molecule has 2 atom stereocenters. The molecule has 182 valence electrons. The molecular weight excluding hydrogens is 432 g/mol. The number of fused-ring (bicyclic) bond motifs is 3. The second-order valence-electron chi connectivity index (χ2n) is 8.99. The quantitative estimate of drug-likeness (QED) is 0.603. The lowest BCUT2D eigenvalue weighted by atomic mass is 9.87. The molecule has 3 heterocycles. The van der Waals surface area contributed by atoms with E-state index in [0.29, 0.717) is 23.5 Å². The van der Waals surface area contributed by atoms with Gasteiger partial charge in [0, 0.05) is 19.1 Å². The highest BCUT2D eigenvalue weighted by atomic mass is 32.2. The monoisotopic (exact) mass is 470 g/mol. The summed E-state index contributed by atoms with van der Waals surface area (Å²) in [6.07, 6.45) is 2.17. The molecule has 1 aromatic rings. The molecule has 10 heteroatoms. The third-order valence-corrected chi connectivity index (χ3v) is 8.53. The summed E-state index contributed by atoms with van der Waals surface area (Å²) in [5.74, 6) is 0.421. The first-order valence-electron chi connectivity index (χ1n) is 10.7. The Morgan fingerprint density at radius 3 is 2.34 bits per heavy atom. The van der Waals surface area contributed by atoms with E-state index in [2.05, 4.69) is 15.3 Å². The van der Waals surface area contributed by atoms with Crippen molar-refractivity contribution in [2.75, 3.05) is 19.5 Å². The molecule has 0 radical (unpaired) electrons. The lowest BCUT2D eigenvalue weighted by molar-refractivity contribution is -0.108. The lowest BCUT2D eigenvalue weighted by Crippen LogP contribution is -2.60. The number of pyridine rings is 1. The average Bonchev–Trinajstić information content (AvgIpc) is 2.85. The fraction of sp³-hybridized carbons (Fsp3) is 0.682. The minimum Gasteiger partial charge on any atom is -0.477 e. The predicted octanol–water partition coefficient (Wildman–Crippen LogP) is 2.84. The number of carbonyl (C=O) groups excluding carboxylic acids is 1. The number of nitrogens with two attached hydrogens (primary N) is 1. The van der Waals surface area contributed by atoms with Gasteiger partial charge in [-0.1, -0.05) is 13.8 Å². The zero-order valence-corrected chi connectivity index (χ0v) is 21.5. The van der Waals surface area contributed by atoms with E-state index in [1.165, 1.54) is 6.20 Å². The molecule has 0 fully saturated rings. The standard InChI is InChI=1S/C15H20N4O4S.C5H12O.C2H6/c1-14(2)13(18-8-20)19-15(3)10-6-9(16)7-17-12(10)23-5-4-11(15)24(14,21)22;1-5(2,3)6-4;1-2/h6-8,11H,4-5,16H2,1-3H3,(H,18,19,20);1-4H3;1-2H3/t11-,15+;;/m0../s1. The number of aromatic nitrogens is 1. The average molecular weight is 471 g/mol. The molecule has 0 aromatic carbocycles. The van der Waals surface area contributed by atoms with Gasteiger partial charge in [-0.2, -0.15) is 0 Å². The van der Waals surface area contributed by atoms with Crippen molar-refractivity contribution in [1.29, 1.82) is 0 Å². The van der Waals surface area contributed by atoms with Gasteiger partial charge in [-0.15, -0.1) is 0 Å². The van der Waals surface area contributed by atoms with Crippen LogP contribution in [0.2, 0.25) is 0 Å². The van der Waals surface area contributed by atoms with Gasteiger partial charge in [0.2, 0.25) is 12.3 Å². The summed E-state index contributed by atoms with van der Waals surface area (Å²) in [7, 11) is -1.96. The van der Waals surface area contributed by atoms with E-state index in [9.17, 15) is 13.2 Å². The number of nitrogens with one attached hydrogen (secondary N) is 1. The van der Waals surface area contributed by atoms with Crippen molar-refractivity contribution in [2.24, 2.45) is 4.99 Å². The molecule has 32 heavy (non-hydrogen) atoms. The Labute approximate surface area is 192 Å². The fourth-order valence-electron chi connectivity index (χ4n) is 3.37. The Hall–Kier alpha value is -2.20. The first kappa shape index (κ1) is 27.8. The van der Waals surface area contributed by atoms with Crippen LogP contribution in [0.15, 0.2) is 17.3 Å². The summed E-state index contributed by atoms with van der Waals surface area (Å²) < 4.78 is 35.8. The Morgan fingerprint density at radius 1 is 1.28 bits per heavy atom. The normalized spacial score (nSPS) is 24.9. The van der Waals surface area contributed by atoms with Gasteiger partial charge in [0.1, 0.15) is 16.1 Å². The molecule has 2 aliphatic rings. The largest absolute Gasteiger partial charge is 0.477 e. The van der Waals surface area contributed by atoms with E-state index < -0.39 is 25.4 Å². The van der Waals surface area contributed by atoms with Crippen molar-refractivity contribution >= 4 is 27.8 Å². The number of methoxy groups -OCH3 is 1. The van der Waals surface area contributed by atoms with Gasteiger partial charge in [-0.05, 0) is 47.6 Å². The highest BCUT2D eigenvalue weighted by Gasteiger charge is 2.58. The summed E-state index contributed by atoms with van der Waals surface area (Å²) in [6, 6.07) is 1.64. The molecule has 3 rings (SSSR count). The lowest BCUT2D eigenvalue weighted by Gasteiger charge is -2.43.